The summed E-state index contributed by atoms with van der Waals surface area (Å²) in [5, 5.41) is 10.6. The topological polar surface area (TPSA) is 93.5 Å². The quantitative estimate of drug-likeness (QED) is 0.698. The number of nitrogens with two attached hydrogens (primary N) is 1. The molecule has 0 bridgehead atoms. The van der Waals surface area contributed by atoms with Gasteiger partial charge in [-0.2, -0.15) is 8.78 Å². The molecule has 2 aromatic rings. The molecule has 2 aromatic carbocycles. The standard InChI is InChI=1S/C14H13F2N3O3S2/c15-13(16)22-12-4-2-1-3-11(12)19-14(23)18-9-5-7-10(8-6-9)24(17,20)21/h1-8,13H,(H2,17,20,21)(H2,18,19,23). The molecule has 6 nitrogen and oxygen atoms in total. The van der Waals surface area contributed by atoms with Gasteiger partial charge in [0.2, 0.25) is 10.0 Å². The van der Waals surface area contributed by atoms with Crippen molar-refractivity contribution in [1.82, 2.24) is 0 Å². The zero-order valence-electron chi connectivity index (χ0n) is 12.1. The molecule has 10 heteroatoms. The lowest BCUT2D eigenvalue weighted by Crippen LogP contribution is -2.20. The van der Waals surface area contributed by atoms with Crippen molar-refractivity contribution in [3.8, 4) is 5.75 Å². The van der Waals surface area contributed by atoms with Crippen molar-refractivity contribution in [3.05, 3.63) is 48.5 Å². The molecule has 0 aliphatic heterocycles. The van der Waals surface area contributed by atoms with E-state index in [2.05, 4.69) is 15.4 Å². The molecule has 0 spiro atoms. The number of hydrogen-bond acceptors (Lipinski definition) is 4. The minimum atomic E-state index is -3.78. The first-order valence-corrected chi connectivity index (χ1v) is 8.46. The van der Waals surface area contributed by atoms with Crippen LogP contribution in [0.15, 0.2) is 53.4 Å². The van der Waals surface area contributed by atoms with Gasteiger partial charge >= 0.3 is 6.61 Å². The maximum Gasteiger partial charge on any atom is 0.387 e. The van der Waals surface area contributed by atoms with Gasteiger partial charge in [-0.1, -0.05) is 12.1 Å². The van der Waals surface area contributed by atoms with Gasteiger partial charge in [0.05, 0.1) is 10.6 Å². The van der Waals surface area contributed by atoms with E-state index in [1.54, 1.807) is 12.1 Å². The second kappa shape index (κ2) is 7.51. The Kier molecular flexibility index (Phi) is 5.65. The van der Waals surface area contributed by atoms with Crippen LogP contribution in [0.1, 0.15) is 0 Å². The predicted molar refractivity (Wildman–Crippen MR) is 90.7 cm³/mol. The van der Waals surface area contributed by atoms with Crippen LogP contribution in [0.5, 0.6) is 5.75 Å². The van der Waals surface area contributed by atoms with Crippen LogP contribution in [0.2, 0.25) is 0 Å². The fraction of sp³-hybridized carbons (Fsp3) is 0.0714. The van der Waals surface area contributed by atoms with E-state index in [-0.39, 0.29) is 21.4 Å². The number of sulfonamides is 1. The number of halogens is 2. The van der Waals surface area contributed by atoms with E-state index < -0.39 is 16.6 Å². The Hall–Kier alpha value is -2.30. The van der Waals surface area contributed by atoms with Crippen molar-refractivity contribution in [2.24, 2.45) is 5.14 Å². The van der Waals surface area contributed by atoms with Crippen LogP contribution >= 0.6 is 12.2 Å². The lowest BCUT2D eigenvalue weighted by atomic mass is 10.3. The van der Waals surface area contributed by atoms with Crippen LogP contribution < -0.4 is 20.5 Å². The third-order valence-corrected chi connectivity index (χ3v) is 3.93. The Balaban J connectivity index is 2.06. The maximum absolute atomic E-state index is 12.4. The number of primary sulfonamides is 1. The number of hydrogen-bond donors (Lipinski definition) is 3. The summed E-state index contributed by atoms with van der Waals surface area (Å²) in [6, 6.07) is 11.6. The average Bonchev–Trinajstić information content (AvgIpc) is 2.48. The Labute approximate surface area is 142 Å². The first-order chi connectivity index (χ1) is 11.3. The first kappa shape index (κ1) is 18.0. The van der Waals surface area contributed by atoms with Gasteiger partial charge < -0.3 is 15.4 Å². The zero-order valence-corrected chi connectivity index (χ0v) is 13.7. The highest BCUT2D eigenvalue weighted by Gasteiger charge is 2.11. The lowest BCUT2D eigenvalue weighted by Gasteiger charge is -2.14. The molecule has 0 aliphatic carbocycles. The molecule has 4 N–H and O–H groups in total. The van der Waals surface area contributed by atoms with Gasteiger partial charge in [-0.05, 0) is 48.6 Å². The van der Waals surface area contributed by atoms with Crippen LogP contribution in [0.25, 0.3) is 0 Å². The van der Waals surface area contributed by atoms with Gasteiger partial charge in [0.15, 0.2) is 5.11 Å². The molecule has 0 aromatic heterocycles. The van der Waals surface area contributed by atoms with Crippen molar-refractivity contribution >= 4 is 38.7 Å². The van der Waals surface area contributed by atoms with Gasteiger partial charge in [0.1, 0.15) is 5.75 Å². The molecule has 0 radical (unpaired) electrons. The maximum atomic E-state index is 12.4. The second-order valence-electron chi connectivity index (χ2n) is 4.52. The molecule has 0 atom stereocenters. The van der Waals surface area contributed by atoms with E-state index in [1.807, 2.05) is 0 Å². The third-order valence-electron chi connectivity index (χ3n) is 2.79. The van der Waals surface area contributed by atoms with E-state index in [0.717, 1.165) is 0 Å². The summed E-state index contributed by atoms with van der Waals surface area (Å²) in [7, 11) is -3.78. The van der Waals surface area contributed by atoms with Crippen LogP contribution in [-0.4, -0.2) is 20.1 Å². The molecule has 0 unspecified atom stereocenters. The smallest absolute Gasteiger partial charge is 0.387 e. The summed E-state index contributed by atoms with van der Waals surface area (Å²) in [6.45, 7) is -2.96. The van der Waals surface area contributed by atoms with E-state index in [9.17, 15) is 17.2 Å². The summed E-state index contributed by atoms with van der Waals surface area (Å²) >= 11 is 5.09. The zero-order chi connectivity index (χ0) is 17.7. The molecule has 0 saturated heterocycles. The first-order valence-electron chi connectivity index (χ1n) is 6.50. The number of thiocarbonyl (C=S) groups is 1. The molecule has 2 rings (SSSR count). The highest BCUT2D eigenvalue weighted by atomic mass is 32.2. The average molecular weight is 373 g/mol. The lowest BCUT2D eigenvalue weighted by molar-refractivity contribution is -0.0493. The Morgan fingerprint density at radius 2 is 1.71 bits per heavy atom. The second-order valence-corrected chi connectivity index (χ2v) is 6.49. The van der Waals surface area contributed by atoms with E-state index in [1.165, 1.54) is 36.4 Å². The molecule has 0 heterocycles. The van der Waals surface area contributed by atoms with Gasteiger partial charge in [-0.15, -0.1) is 0 Å². The van der Waals surface area contributed by atoms with Crippen LogP contribution in [0, 0.1) is 0 Å². The molecular formula is C14H13F2N3O3S2. The van der Waals surface area contributed by atoms with Crippen molar-refractivity contribution < 1.29 is 21.9 Å². The summed E-state index contributed by atoms with van der Waals surface area (Å²) in [6.07, 6.45) is 0. The highest BCUT2D eigenvalue weighted by molar-refractivity contribution is 7.89. The normalized spacial score (nSPS) is 11.2. The third kappa shape index (κ3) is 5.11. The summed E-state index contributed by atoms with van der Waals surface area (Å²) in [5.41, 5.74) is 0.753. The number of benzene rings is 2. The van der Waals surface area contributed by atoms with Crippen molar-refractivity contribution in [3.63, 3.8) is 0 Å². The number of anilines is 2. The van der Waals surface area contributed by atoms with Gasteiger partial charge in [0, 0.05) is 5.69 Å². The Bertz CT molecular complexity index is 827. The van der Waals surface area contributed by atoms with Crippen molar-refractivity contribution in [1.29, 1.82) is 0 Å². The van der Waals surface area contributed by atoms with E-state index >= 15 is 0 Å². The number of ether oxygens (including phenoxy) is 1. The van der Waals surface area contributed by atoms with Gasteiger partial charge in [0.25, 0.3) is 0 Å². The molecule has 0 saturated carbocycles. The molecule has 0 fully saturated rings. The molecule has 128 valence electrons. The summed E-state index contributed by atoms with van der Waals surface area (Å²) in [5.74, 6) is -0.0544. The number of alkyl halides is 2. The Morgan fingerprint density at radius 3 is 2.29 bits per heavy atom. The summed E-state index contributed by atoms with van der Waals surface area (Å²) in [4.78, 5) is -0.0393. The van der Waals surface area contributed by atoms with Gasteiger partial charge in [-0.25, -0.2) is 13.6 Å². The largest absolute Gasteiger partial charge is 0.433 e. The van der Waals surface area contributed by atoms with E-state index in [4.69, 9.17) is 17.4 Å². The number of nitrogens with one attached hydrogen (secondary N) is 2. The molecule has 0 aliphatic rings. The highest BCUT2D eigenvalue weighted by Crippen LogP contribution is 2.25. The van der Waals surface area contributed by atoms with Crippen LogP contribution in [-0.2, 0) is 10.0 Å². The minimum Gasteiger partial charge on any atom is -0.433 e. The van der Waals surface area contributed by atoms with Crippen molar-refractivity contribution in [2.45, 2.75) is 11.5 Å². The fourth-order valence-corrected chi connectivity index (χ4v) is 2.52. The molecule has 0 amide bonds. The van der Waals surface area contributed by atoms with Crippen LogP contribution in [0.4, 0.5) is 20.2 Å². The SMILES string of the molecule is NS(=O)(=O)c1ccc(NC(=S)Nc2ccccc2OC(F)F)cc1. The van der Waals surface area contributed by atoms with Crippen LogP contribution in [0.3, 0.4) is 0 Å². The molecular weight excluding hydrogens is 360 g/mol. The minimum absolute atomic E-state index is 0.0393. The molecule has 24 heavy (non-hydrogen) atoms. The number of rotatable bonds is 5. The van der Waals surface area contributed by atoms with E-state index in [0.29, 0.717) is 5.69 Å². The number of para-hydroxylation sites is 2. The Morgan fingerprint density at radius 1 is 1.08 bits per heavy atom. The summed E-state index contributed by atoms with van der Waals surface area (Å²) < 4.78 is 51.5. The fourth-order valence-electron chi connectivity index (χ4n) is 1.78. The monoisotopic (exact) mass is 373 g/mol. The van der Waals surface area contributed by atoms with Gasteiger partial charge in [-0.3, -0.25) is 0 Å². The van der Waals surface area contributed by atoms with Crippen molar-refractivity contribution in [2.75, 3.05) is 10.6 Å². The predicted octanol–water partition coefficient (Wildman–Crippen LogP) is 2.74.